The van der Waals surface area contributed by atoms with Gasteiger partial charge in [0.2, 0.25) is 0 Å². The molecule has 1 fully saturated rings. The summed E-state index contributed by atoms with van der Waals surface area (Å²) in [6, 6.07) is 5.06. The summed E-state index contributed by atoms with van der Waals surface area (Å²) in [4.78, 5) is 0. The number of benzene rings is 1. The van der Waals surface area contributed by atoms with Gasteiger partial charge in [-0.2, -0.15) is 0 Å². The number of aliphatic hydroxyl groups excluding tert-OH is 1. The van der Waals surface area contributed by atoms with Gasteiger partial charge in [-0.1, -0.05) is 36.6 Å². The summed E-state index contributed by atoms with van der Waals surface area (Å²) in [5, 5.41) is 13.1. The summed E-state index contributed by atoms with van der Waals surface area (Å²) >= 11 is 5.71. The van der Waals surface area contributed by atoms with Gasteiger partial charge in [0.1, 0.15) is 5.82 Å². The van der Waals surface area contributed by atoms with Crippen molar-refractivity contribution in [1.82, 2.24) is 5.32 Å². The minimum atomic E-state index is -0.369. The molecule has 1 aromatic carbocycles. The van der Waals surface area contributed by atoms with E-state index in [0.29, 0.717) is 12.1 Å². The van der Waals surface area contributed by atoms with E-state index in [1.54, 1.807) is 12.1 Å². The van der Waals surface area contributed by atoms with Gasteiger partial charge >= 0.3 is 0 Å². The lowest BCUT2D eigenvalue weighted by atomic mass is 9.92. The first-order valence-electron chi connectivity index (χ1n) is 6.03. The summed E-state index contributed by atoms with van der Waals surface area (Å²) in [5.74, 6) is -0.369. The zero-order chi connectivity index (χ0) is 12.3. The number of hydrogen-bond acceptors (Lipinski definition) is 2. The van der Waals surface area contributed by atoms with Crippen molar-refractivity contribution in [2.45, 2.75) is 44.4 Å². The molecule has 0 saturated heterocycles. The predicted molar refractivity (Wildman–Crippen MR) is 66.5 cm³/mol. The molecular formula is C13H17ClFNO. The van der Waals surface area contributed by atoms with Crippen LogP contribution in [-0.2, 0) is 6.54 Å². The maximum Gasteiger partial charge on any atom is 0.146 e. The minimum absolute atomic E-state index is 0.0714. The normalized spacial score (nSPS) is 24.9. The third-order valence-electron chi connectivity index (χ3n) is 3.32. The molecule has 0 aromatic heterocycles. The summed E-state index contributed by atoms with van der Waals surface area (Å²) in [7, 11) is 0. The smallest absolute Gasteiger partial charge is 0.146 e. The predicted octanol–water partition coefficient (Wildman–Crippen LogP) is 2.87. The van der Waals surface area contributed by atoms with Crippen LogP contribution in [0, 0.1) is 5.82 Å². The van der Waals surface area contributed by atoms with E-state index in [0.717, 1.165) is 25.7 Å². The molecule has 0 heterocycles. The first-order valence-corrected chi connectivity index (χ1v) is 6.40. The van der Waals surface area contributed by atoms with Crippen LogP contribution in [0.15, 0.2) is 18.2 Å². The van der Waals surface area contributed by atoms with Gasteiger partial charge in [-0.05, 0) is 18.9 Å². The summed E-state index contributed by atoms with van der Waals surface area (Å²) in [6.07, 6.45) is 3.66. The molecule has 2 nitrogen and oxygen atoms in total. The van der Waals surface area contributed by atoms with Crippen LogP contribution in [0.3, 0.4) is 0 Å². The second-order valence-electron chi connectivity index (χ2n) is 4.55. The summed E-state index contributed by atoms with van der Waals surface area (Å²) < 4.78 is 13.6. The van der Waals surface area contributed by atoms with Gasteiger partial charge in [0.15, 0.2) is 0 Å². The Bertz CT molecular complexity index is 386. The zero-order valence-corrected chi connectivity index (χ0v) is 10.4. The van der Waals surface area contributed by atoms with E-state index in [4.69, 9.17) is 11.6 Å². The molecule has 17 heavy (non-hydrogen) atoms. The van der Waals surface area contributed by atoms with Crippen LogP contribution in [0.5, 0.6) is 0 Å². The van der Waals surface area contributed by atoms with Crippen molar-refractivity contribution < 1.29 is 9.50 Å². The van der Waals surface area contributed by atoms with Gasteiger partial charge in [-0.3, -0.25) is 0 Å². The molecule has 0 spiro atoms. The Labute approximate surface area is 106 Å². The third kappa shape index (κ3) is 3.18. The van der Waals surface area contributed by atoms with E-state index in [9.17, 15) is 9.50 Å². The molecular weight excluding hydrogens is 241 g/mol. The summed E-state index contributed by atoms with van der Waals surface area (Å²) in [6.45, 7) is 0.411. The Morgan fingerprint density at radius 2 is 2.12 bits per heavy atom. The molecule has 4 heteroatoms. The van der Waals surface area contributed by atoms with Crippen LogP contribution in [0.1, 0.15) is 31.2 Å². The SMILES string of the molecule is OC1CCCCC1NCc1cccc(Cl)c1F. The van der Waals surface area contributed by atoms with Gasteiger partial charge in [-0.15, -0.1) is 0 Å². The van der Waals surface area contributed by atoms with Crippen LogP contribution in [-0.4, -0.2) is 17.3 Å². The lowest BCUT2D eigenvalue weighted by Gasteiger charge is -2.28. The molecule has 0 amide bonds. The van der Waals surface area contributed by atoms with Crippen LogP contribution < -0.4 is 5.32 Å². The molecule has 1 aromatic rings. The second kappa shape index (κ2) is 5.80. The second-order valence-corrected chi connectivity index (χ2v) is 4.96. The van der Waals surface area contributed by atoms with E-state index in [1.807, 2.05) is 0 Å². The van der Waals surface area contributed by atoms with E-state index >= 15 is 0 Å². The first-order chi connectivity index (χ1) is 8.18. The van der Waals surface area contributed by atoms with Gasteiger partial charge in [0.25, 0.3) is 0 Å². The van der Waals surface area contributed by atoms with Crippen LogP contribution in [0.2, 0.25) is 5.02 Å². The van der Waals surface area contributed by atoms with Crippen molar-refractivity contribution in [3.05, 3.63) is 34.6 Å². The molecule has 2 rings (SSSR count). The Morgan fingerprint density at radius 1 is 1.35 bits per heavy atom. The molecule has 1 aliphatic rings. The van der Waals surface area contributed by atoms with Crippen molar-refractivity contribution in [3.63, 3.8) is 0 Å². The molecule has 1 aliphatic carbocycles. The highest BCUT2D eigenvalue weighted by atomic mass is 35.5. The van der Waals surface area contributed by atoms with Crippen LogP contribution in [0.4, 0.5) is 4.39 Å². The lowest BCUT2D eigenvalue weighted by molar-refractivity contribution is 0.0901. The number of hydrogen-bond donors (Lipinski definition) is 2. The fourth-order valence-electron chi connectivity index (χ4n) is 2.28. The number of nitrogens with one attached hydrogen (secondary N) is 1. The topological polar surface area (TPSA) is 32.3 Å². The van der Waals surface area contributed by atoms with E-state index in [2.05, 4.69) is 5.32 Å². The zero-order valence-electron chi connectivity index (χ0n) is 9.63. The highest BCUT2D eigenvalue weighted by molar-refractivity contribution is 6.30. The highest BCUT2D eigenvalue weighted by Crippen LogP contribution is 2.21. The highest BCUT2D eigenvalue weighted by Gasteiger charge is 2.22. The standard InChI is InChI=1S/C13H17ClFNO/c14-10-5-3-4-9(13(10)15)8-16-11-6-1-2-7-12(11)17/h3-5,11-12,16-17H,1-2,6-8H2. The molecule has 2 N–H and O–H groups in total. The quantitative estimate of drug-likeness (QED) is 0.873. The molecule has 2 atom stereocenters. The molecule has 0 bridgehead atoms. The molecule has 2 unspecified atom stereocenters. The van der Waals surface area contributed by atoms with Crippen LogP contribution >= 0.6 is 11.6 Å². The number of halogens is 2. The van der Waals surface area contributed by atoms with Gasteiger partial charge < -0.3 is 10.4 Å². The maximum atomic E-state index is 13.6. The average Bonchev–Trinajstić information content (AvgIpc) is 2.33. The fraction of sp³-hybridized carbons (Fsp3) is 0.538. The lowest BCUT2D eigenvalue weighted by Crippen LogP contribution is -2.41. The van der Waals surface area contributed by atoms with Crippen molar-refractivity contribution in [2.75, 3.05) is 0 Å². The Hall–Kier alpha value is -0.640. The van der Waals surface area contributed by atoms with Crippen molar-refractivity contribution in [2.24, 2.45) is 0 Å². The van der Waals surface area contributed by atoms with Gasteiger partial charge in [0.05, 0.1) is 11.1 Å². The van der Waals surface area contributed by atoms with E-state index in [-0.39, 0.29) is 23.0 Å². The van der Waals surface area contributed by atoms with Crippen molar-refractivity contribution in [1.29, 1.82) is 0 Å². The monoisotopic (exact) mass is 257 g/mol. The minimum Gasteiger partial charge on any atom is -0.392 e. The van der Waals surface area contributed by atoms with Crippen LogP contribution in [0.25, 0.3) is 0 Å². The third-order valence-corrected chi connectivity index (χ3v) is 3.61. The Kier molecular flexibility index (Phi) is 4.37. The van der Waals surface area contributed by atoms with Gasteiger partial charge in [0, 0.05) is 18.2 Å². The van der Waals surface area contributed by atoms with Crippen molar-refractivity contribution >= 4 is 11.6 Å². The number of aliphatic hydroxyl groups is 1. The number of rotatable bonds is 3. The molecule has 94 valence electrons. The Morgan fingerprint density at radius 3 is 2.88 bits per heavy atom. The molecule has 0 radical (unpaired) electrons. The van der Waals surface area contributed by atoms with E-state index in [1.165, 1.54) is 6.07 Å². The molecule has 1 saturated carbocycles. The van der Waals surface area contributed by atoms with Crippen molar-refractivity contribution in [3.8, 4) is 0 Å². The maximum absolute atomic E-state index is 13.6. The molecule has 0 aliphatic heterocycles. The largest absolute Gasteiger partial charge is 0.392 e. The first kappa shape index (κ1) is 12.8. The fourth-order valence-corrected chi connectivity index (χ4v) is 2.47. The average molecular weight is 258 g/mol. The summed E-state index contributed by atoms with van der Waals surface area (Å²) in [5.41, 5.74) is 0.551. The van der Waals surface area contributed by atoms with Gasteiger partial charge in [-0.25, -0.2) is 4.39 Å². The van der Waals surface area contributed by atoms with E-state index < -0.39 is 0 Å². The Balaban J connectivity index is 1.95.